The van der Waals surface area contributed by atoms with Crippen LogP contribution in [0.25, 0.3) is 11.6 Å². The Balaban J connectivity index is 1.77. The molecule has 9 nitrogen and oxygen atoms in total. The molecule has 3 aromatic rings. The van der Waals surface area contributed by atoms with Gasteiger partial charge in [0.25, 0.3) is 11.8 Å². The number of aryl methyl sites for hydroxylation is 2. The van der Waals surface area contributed by atoms with Gasteiger partial charge in [0.2, 0.25) is 0 Å². The Morgan fingerprint density at radius 3 is 2.56 bits per heavy atom. The molecule has 3 rings (SSSR count). The van der Waals surface area contributed by atoms with Crippen LogP contribution in [0.5, 0.6) is 11.5 Å². The molecule has 27 heavy (non-hydrogen) atoms. The van der Waals surface area contributed by atoms with E-state index >= 15 is 0 Å². The average Bonchev–Trinajstić information content (AvgIpc) is 3.22. The molecule has 1 N–H and O–H groups in total. The van der Waals surface area contributed by atoms with Gasteiger partial charge in [0.15, 0.2) is 11.5 Å². The van der Waals surface area contributed by atoms with E-state index in [2.05, 4.69) is 20.6 Å². The Hall–Kier alpha value is -3.36. The van der Waals surface area contributed by atoms with Crippen LogP contribution < -0.4 is 14.8 Å². The molecule has 0 unspecified atom stereocenters. The number of carbonyl (C=O) groups excluding carboxylic acids is 1. The van der Waals surface area contributed by atoms with Gasteiger partial charge in [-0.05, 0) is 45.0 Å². The summed E-state index contributed by atoms with van der Waals surface area (Å²) in [6, 6.07) is 6.78. The molecule has 9 heteroatoms. The predicted molar refractivity (Wildman–Crippen MR) is 98.0 cm³/mol. The van der Waals surface area contributed by atoms with Crippen LogP contribution in [0.2, 0.25) is 0 Å². The Bertz CT molecular complexity index is 947. The first-order valence-corrected chi connectivity index (χ1v) is 8.57. The summed E-state index contributed by atoms with van der Waals surface area (Å²) in [6.07, 6.45) is 0. The van der Waals surface area contributed by atoms with Crippen LogP contribution in [-0.2, 0) is 7.05 Å². The molecular formula is C18H21N5O4. The van der Waals surface area contributed by atoms with Crippen LogP contribution in [0, 0.1) is 6.92 Å². The molecule has 0 radical (unpaired) electrons. The topological polar surface area (TPSA) is 104 Å². The zero-order valence-corrected chi connectivity index (χ0v) is 15.6. The summed E-state index contributed by atoms with van der Waals surface area (Å²) in [5.74, 6) is 0.969. The highest BCUT2D eigenvalue weighted by Gasteiger charge is 2.17. The first-order chi connectivity index (χ1) is 13.0. The first kappa shape index (κ1) is 18.4. The quantitative estimate of drug-likeness (QED) is 0.681. The molecule has 142 valence electrons. The number of nitrogens with one attached hydrogen (secondary N) is 1. The van der Waals surface area contributed by atoms with Crippen LogP contribution in [-0.4, -0.2) is 39.1 Å². The Labute approximate surface area is 156 Å². The van der Waals surface area contributed by atoms with E-state index in [-0.39, 0.29) is 11.9 Å². The summed E-state index contributed by atoms with van der Waals surface area (Å²) in [5.41, 5.74) is 1.88. The second kappa shape index (κ2) is 7.90. The highest BCUT2D eigenvalue weighted by molar-refractivity contribution is 6.03. The Morgan fingerprint density at radius 2 is 1.89 bits per heavy atom. The zero-order valence-electron chi connectivity index (χ0n) is 15.6. The maximum atomic E-state index is 12.5. The molecule has 0 fully saturated rings. The van der Waals surface area contributed by atoms with Crippen molar-refractivity contribution in [3.8, 4) is 23.1 Å². The van der Waals surface area contributed by atoms with Crippen molar-refractivity contribution in [1.82, 2.24) is 20.0 Å². The number of amides is 1. The van der Waals surface area contributed by atoms with Gasteiger partial charge in [0, 0.05) is 12.6 Å². The summed E-state index contributed by atoms with van der Waals surface area (Å²) in [6.45, 7) is 6.58. The van der Waals surface area contributed by atoms with Crippen LogP contribution >= 0.6 is 0 Å². The molecule has 0 aliphatic heterocycles. The third-order valence-electron chi connectivity index (χ3n) is 3.67. The molecule has 1 amide bonds. The second-order valence-corrected chi connectivity index (χ2v) is 5.69. The third kappa shape index (κ3) is 4.08. The van der Waals surface area contributed by atoms with E-state index in [1.54, 1.807) is 29.9 Å². The van der Waals surface area contributed by atoms with Gasteiger partial charge >= 0.3 is 6.01 Å². The largest absolute Gasteiger partial charge is 0.490 e. The number of anilines is 1. The van der Waals surface area contributed by atoms with Gasteiger partial charge in [-0.15, -0.1) is 5.10 Å². The van der Waals surface area contributed by atoms with E-state index in [1.165, 1.54) is 0 Å². The normalized spacial score (nSPS) is 10.7. The molecule has 0 bridgehead atoms. The fourth-order valence-electron chi connectivity index (χ4n) is 2.55. The molecule has 0 saturated heterocycles. The van der Waals surface area contributed by atoms with Crippen LogP contribution in [0.15, 0.2) is 28.7 Å². The van der Waals surface area contributed by atoms with E-state index in [0.29, 0.717) is 36.0 Å². The molecule has 0 aliphatic rings. The van der Waals surface area contributed by atoms with E-state index in [9.17, 15) is 4.79 Å². The number of carbonyl (C=O) groups is 1. The number of hydrogen-bond acceptors (Lipinski definition) is 7. The number of nitrogens with zero attached hydrogens (tertiary/aromatic N) is 4. The van der Waals surface area contributed by atoms with Crippen molar-refractivity contribution < 1.29 is 18.7 Å². The Morgan fingerprint density at radius 1 is 1.15 bits per heavy atom. The van der Waals surface area contributed by atoms with E-state index < -0.39 is 5.91 Å². The number of rotatable bonds is 7. The Kier molecular flexibility index (Phi) is 5.39. The van der Waals surface area contributed by atoms with E-state index in [0.717, 1.165) is 5.69 Å². The molecule has 2 aromatic heterocycles. The van der Waals surface area contributed by atoms with Gasteiger partial charge in [0.05, 0.1) is 18.9 Å². The smallest absolute Gasteiger partial charge is 0.322 e. The molecule has 2 heterocycles. The highest BCUT2D eigenvalue weighted by Crippen LogP contribution is 2.29. The van der Waals surface area contributed by atoms with E-state index in [4.69, 9.17) is 13.9 Å². The number of ether oxygens (including phenoxy) is 2. The minimum Gasteiger partial charge on any atom is -0.490 e. The number of benzene rings is 1. The highest BCUT2D eigenvalue weighted by atomic mass is 16.5. The fraction of sp³-hybridized carbons (Fsp3) is 0.333. The van der Waals surface area contributed by atoms with Crippen molar-refractivity contribution >= 4 is 11.9 Å². The summed E-state index contributed by atoms with van der Waals surface area (Å²) in [7, 11) is 1.78. The maximum Gasteiger partial charge on any atom is 0.322 e. The van der Waals surface area contributed by atoms with Crippen molar-refractivity contribution in [1.29, 1.82) is 0 Å². The van der Waals surface area contributed by atoms with Gasteiger partial charge in [-0.25, -0.2) is 0 Å². The average molecular weight is 371 g/mol. The lowest BCUT2D eigenvalue weighted by molar-refractivity contribution is 0.102. The standard InChI is InChI=1S/C18H21N5O4/c1-5-25-14-8-7-12(10-15(14)26-6-2)16(24)19-18-21-20-17(27-18)13-9-11(3)22-23(13)4/h7-10H,5-6H2,1-4H3,(H,19,21,24). The SMILES string of the molecule is CCOc1ccc(C(=O)Nc2nnc(-c3cc(C)nn3C)o2)cc1OCC. The third-order valence-corrected chi connectivity index (χ3v) is 3.67. The van der Waals surface area contributed by atoms with Crippen LogP contribution in [0.3, 0.4) is 0 Å². The fourth-order valence-corrected chi connectivity index (χ4v) is 2.55. The van der Waals surface area contributed by atoms with Crippen molar-refractivity contribution in [2.45, 2.75) is 20.8 Å². The maximum absolute atomic E-state index is 12.5. The van der Waals surface area contributed by atoms with Gasteiger partial charge in [-0.1, -0.05) is 5.10 Å². The molecule has 0 spiro atoms. The van der Waals surface area contributed by atoms with Gasteiger partial charge < -0.3 is 13.9 Å². The van der Waals surface area contributed by atoms with Crippen LogP contribution in [0.4, 0.5) is 6.01 Å². The van der Waals surface area contributed by atoms with E-state index in [1.807, 2.05) is 26.8 Å². The molecular weight excluding hydrogens is 350 g/mol. The number of aromatic nitrogens is 4. The minimum atomic E-state index is -0.393. The summed E-state index contributed by atoms with van der Waals surface area (Å²) in [4.78, 5) is 12.5. The van der Waals surface area contributed by atoms with Crippen molar-refractivity contribution in [2.24, 2.45) is 7.05 Å². The monoisotopic (exact) mass is 371 g/mol. The molecule has 0 aliphatic carbocycles. The van der Waals surface area contributed by atoms with Crippen LogP contribution in [0.1, 0.15) is 29.9 Å². The molecule has 1 aromatic carbocycles. The van der Waals surface area contributed by atoms with Crippen molar-refractivity contribution in [3.63, 3.8) is 0 Å². The lowest BCUT2D eigenvalue weighted by Crippen LogP contribution is -2.12. The molecule has 0 saturated carbocycles. The predicted octanol–water partition coefficient (Wildman–Crippen LogP) is 2.83. The van der Waals surface area contributed by atoms with Gasteiger partial charge in [-0.3, -0.25) is 14.8 Å². The minimum absolute atomic E-state index is 0.000646. The van der Waals surface area contributed by atoms with Crippen molar-refractivity contribution in [2.75, 3.05) is 18.5 Å². The lowest BCUT2D eigenvalue weighted by atomic mass is 10.2. The first-order valence-electron chi connectivity index (χ1n) is 8.57. The summed E-state index contributed by atoms with van der Waals surface area (Å²) >= 11 is 0. The number of hydrogen-bond donors (Lipinski definition) is 1. The van der Waals surface area contributed by atoms with Gasteiger partial charge in [-0.2, -0.15) is 5.10 Å². The lowest BCUT2D eigenvalue weighted by Gasteiger charge is -2.11. The van der Waals surface area contributed by atoms with Crippen molar-refractivity contribution in [3.05, 3.63) is 35.5 Å². The summed E-state index contributed by atoms with van der Waals surface area (Å²) < 4.78 is 18.2. The zero-order chi connectivity index (χ0) is 19.4. The van der Waals surface area contributed by atoms with Gasteiger partial charge in [0.1, 0.15) is 5.69 Å². The molecule has 0 atom stereocenters. The summed E-state index contributed by atoms with van der Waals surface area (Å²) in [5, 5.41) is 14.6. The second-order valence-electron chi connectivity index (χ2n) is 5.69.